The summed E-state index contributed by atoms with van der Waals surface area (Å²) in [6.07, 6.45) is -1.11. The van der Waals surface area contributed by atoms with Gasteiger partial charge in [-0.05, 0) is 41.0 Å². The number of carboxylic acids is 1. The van der Waals surface area contributed by atoms with Gasteiger partial charge in [-0.3, -0.25) is 9.69 Å². The first-order valence-corrected chi connectivity index (χ1v) is 10.2. The van der Waals surface area contributed by atoms with Crippen molar-refractivity contribution in [3.63, 3.8) is 0 Å². The summed E-state index contributed by atoms with van der Waals surface area (Å²) in [5.74, 6) is -4.29. The maximum Gasteiger partial charge on any atom is 0.410 e. The van der Waals surface area contributed by atoms with Crippen LogP contribution in [0.15, 0.2) is 42.5 Å². The van der Waals surface area contributed by atoms with Gasteiger partial charge in [-0.2, -0.15) is 0 Å². The van der Waals surface area contributed by atoms with E-state index in [0.29, 0.717) is 18.7 Å². The van der Waals surface area contributed by atoms with E-state index in [1.165, 1.54) is 18.1 Å². The van der Waals surface area contributed by atoms with Crippen molar-refractivity contribution in [2.45, 2.75) is 26.1 Å². The van der Waals surface area contributed by atoms with Gasteiger partial charge in [0.2, 0.25) is 0 Å². The van der Waals surface area contributed by atoms with E-state index in [2.05, 4.69) is 4.98 Å². The molecule has 0 aliphatic carbocycles. The molecule has 34 heavy (non-hydrogen) atoms. The van der Waals surface area contributed by atoms with Crippen LogP contribution in [-0.2, 0) is 35.6 Å². The van der Waals surface area contributed by atoms with Gasteiger partial charge in [-0.25, -0.2) is 22.9 Å². The Bertz CT molecular complexity index is 1280. The van der Waals surface area contributed by atoms with Crippen LogP contribution in [0.3, 0.4) is 0 Å². The molecule has 0 unspecified atom stereocenters. The normalized spacial score (nSPS) is 12.4. The van der Waals surface area contributed by atoms with Crippen molar-refractivity contribution >= 4 is 12.1 Å². The molecule has 10 heteroatoms. The predicted octanol–water partition coefficient (Wildman–Crippen LogP) is 4.45. The van der Waals surface area contributed by atoms with Crippen molar-refractivity contribution < 1.29 is 37.3 Å². The lowest BCUT2D eigenvalue weighted by molar-refractivity contribution is -0.136. The summed E-state index contributed by atoms with van der Waals surface area (Å²) < 4.78 is 53.3. The van der Waals surface area contributed by atoms with E-state index < -0.39 is 41.8 Å². The van der Waals surface area contributed by atoms with Crippen LogP contribution in [0.5, 0.6) is 5.88 Å². The van der Waals surface area contributed by atoms with Crippen LogP contribution >= 0.6 is 0 Å². The standard InChI is InChI=1S/C24H19F3N2O5/c1-33-24(32)29-10-14-3-2-13(6-16(14)11-29)12-34-23-18(25)4-5-21(28-23)17-9-19(26)15(7-20(17)27)8-22(30)31/h2-7,9H,8,10-12H2,1H3,(H,30,31). The number of carbonyl (C=O) groups is 2. The highest BCUT2D eigenvalue weighted by Crippen LogP contribution is 2.29. The lowest BCUT2D eigenvalue weighted by atomic mass is 10.0. The molecule has 0 bridgehead atoms. The first kappa shape index (κ1) is 23.1. The number of carbonyl (C=O) groups excluding carboxylic acids is 1. The third-order valence-corrected chi connectivity index (χ3v) is 5.37. The Kier molecular flexibility index (Phi) is 6.40. The number of benzene rings is 2. The number of fused-ring (bicyclic) bond motifs is 1. The number of rotatable bonds is 6. The van der Waals surface area contributed by atoms with Gasteiger partial charge < -0.3 is 14.6 Å². The van der Waals surface area contributed by atoms with E-state index >= 15 is 0 Å². The van der Waals surface area contributed by atoms with Crippen molar-refractivity contribution in [1.82, 2.24) is 9.88 Å². The monoisotopic (exact) mass is 472 g/mol. The summed E-state index contributed by atoms with van der Waals surface area (Å²) in [4.78, 5) is 28.0. The molecule has 4 rings (SSSR count). The molecular weight excluding hydrogens is 453 g/mol. The fourth-order valence-electron chi connectivity index (χ4n) is 3.70. The van der Waals surface area contributed by atoms with E-state index in [9.17, 15) is 22.8 Å². The van der Waals surface area contributed by atoms with Crippen LogP contribution in [0.2, 0.25) is 0 Å². The average molecular weight is 472 g/mol. The van der Waals surface area contributed by atoms with Crippen molar-refractivity contribution in [2.75, 3.05) is 7.11 Å². The number of ether oxygens (including phenoxy) is 2. The van der Waals surface area contributed by atoms with Crippen molar-refractivity contribution in [3.8, 4) is 17.1 Å². The number of pyridine rings is 1. The van der Waals surface area contributed by atoms with Gasteiger partial charge in [0.15, 0.2) is 5.82 Å². The summed E-state index contributed by atoms with van der Waals surface area (Å²) >= 11 is 0. The Morgan fingerprint density at radius 2 is 1.76 bits per heavy atom. The molecule has 7 nitrogen and oxygen atoms in total. The van der Waals surface area contributed by atoms with Crippen LogP contribution in [0.4, 0.5) is 18.0 Å². The molecule has 1 aliphatic heterocycles. The smallest absolute Gasteiger partial charge is 0.410 e. The second kappa shape index (κ2) is 9.42. The second-order valence-corrected chi connectivity index (χ2v) is 7.70. The Balaban J connectivity index is 1.52. The third kappa shape index (κ3) is 4.80. The maximum absolute atomic E-state index is 14.5. The van der Waals surface area contributed by atoms with E-state index in [0.717, 1.165) is 29.3 Å². The zero-order valence-corrected chi connectivity index (χ0v) is 18.0. The lowest BCUT2D eigenvalue weighted by Crippen LogP contribution is -2.24. The molecule has 1 aliphatic rings. The molecule has 0 fully saturated rings. The number of methoxy groups -OCH3 is 1. The first-order chi connectivity index (χ1) is 16.2. The van der Waals surface area contributed by atoms with Gasteiger partial charge in [0.1, 0.15) is 18.2 Å². The quantitative estimate of drug-likeness (QED) is 0.570. The lowest BCUT2D eigenvalue weighted by Gasteiger charge is -2.12. The topological polar surface area (TPSA) is 89.0 Å². The Morgan fingerprint density at radius 3 is 2.50 bits per heavy atom. The minimum atomic E-state index is -1.30. The van der Waals surface area contributed by atoms with Gasteiger partial charge in [0, 0.05) is 24.2 Å². The average Bonchev–Trinajstić information content (AvgIpc) is 3.23. The molecule has 1 aromatic heterocycles. The first-order valence-electron chi connectivity index (χ1n) is 10.2. The van der Waals surface area contributed by atoms with Crippen molar-refractivity contribution in [1.29, 1.82) is 0 Å². The molecule has 0 atom stereocenters. The number of hydrogen-bond acceptors (Lipinski definition) is 5. The van der Waals surface area contributed by atoms with Crippen molar-refractivity contribution in [2.24, 2.45) is 0 Å². The molecular formula is C24H19F3N2O5. The van der Waals surface area contributed by atoms with Crippen LogP contribution in [-0.4, -0.2) is 34.2 Å². The predicted molar refractivity (Wildman–Crippen MR) is 113 cm³/mol. The van der Waals surface area contributed by atoms with Crippen LogP contribution in [0, 0.1) is 17.5 Å². The number of aromatic nitrogens is 1. The molecule has 0 radical (unpaired) electrons. The van der Waals surface area contributed by atoms with E-state index in [4.69, 9.17) is 14.6 Å². The molecule has 0 spiro atoms. The van der Waals surface area contributed by atoms with E-state index in [-0.39, 0.29) is 23.4 Å². The number of carboxylic acid groups (broad SMARTS) is 1. The number of halogens is 3. The molecule has 1 N–H and O–H groups in total. The zero-order chi connectivity index (χ0) is 24.4. The molecule has 3 aromatic rings. The fraction of sp³-hybridized carbons (Fsp3) is 0.208. The fourth-order valence-corrected chi connectivity index (χ4v) is 3.70. The SMILES string of the molecule is COC(=O)N1Cc2ccc(COc3nc(-c4cc(F)c(CC(=O)O)cc4F)ccc3F)cc2C1. The van der Waals surface area contributed by atoms with Gasteiger partial charge in [-0.15, -0.1) is 0 Å². The molecule has 0 saturated carbocycles. The number of aliphatic carboxylic acids is 1. The van der Waals surface area contributed by atoms with Crippen LogP contribution in [0.25, 0.3) is 11.3 Å². The summed E-state index contributed by atoms with van der Waals surface area (Å²) in [6, 6.07) is 9.25. The van der Waals surface area contributed by atoms with Crippen molar-refractivity contribution in [3.05, 3.63) is 82.2 Å². The Hall–Kier alpha value is -4.08. The molecule has 2 aromatic carbocycles. The van der Waals surface area contributed by atoms with Gasteiger partial charge in [0.25, 0.3) is 5.88 Å². The molecule has 2 heterocycles. The molecule has 1 amide bonds. The zero-order valence-electron chi connectivity index (χ0n) is 18.0. The summed E-state index contributed by atoms with van der Waals surface area (Å²) in [5, 5.41) is 8.81. The number of amides is 1. The van der Waals surface area contributed by atoms with Gasteiger partial charge >= 0.3 is 12.1 Å². The van der Waals surface area contributed by atoms with Crippen LogP contribution in [0.1, 0.15) is 22.3 Å². The number of nitrogens with zero attached hydrogens (tertiary/aromatic N) is 2. The number of hydrogen-bond donors (Lipinski definition) is 1. The highest BCUT2D eigenvalue weighted by molar-refractivity contribution is 5.71. The minimum Gasteiger partial charge on any atom is -0.481 e. The minimum absolute atomic E-state index is 0.0483. The largest absolute Gasteiger partial charge is 0.481 e. The highest BCUT2D eigenvalue weighted by atomic mass is 19.1. The van der Waals surface area contributed by atoms with E-state index in [1.54, 1.807) is 6.07 Å². The molecule has 0 saturated heterocycles. The maximum atomic E-state index is 14.5. The van der Waals surface area contributed by atoms with Gasteiger partial charge in [-0.1, -0.05) is 18.2 Å². The Morgan fingerprint density at radius 1 is 1.00 bits per heavy atom. The second-order valence-electron chi connectivity index (χ2n) is 7.70. The highest BCUT2D eigenvalue weighted by Gasteiger charge is 2.24. The summed E-state index contributed by atoms with van der Waals surface area (Å²) in [6.45, 7) is 0.753. The molecule has 176 valence electrons. The summed E-state index contributed by atoms with van der Waals surface area (Å²) in [7, 11) is 1.31. The third-order valence-electron chi connectivity index (χ3n) is 5.37. The summed E-state index contributed by atoms with van der Waals surface area (Å²) in [5.41, 5.74) is 1.94. The van der Waals surface area contributed by atoms with Gasteiger partial charge in [0.05, 0.1) is 19.2 Å². The van der Waals surface area contributed by atoms with Crippen LogP contribution < -0.4 is 4.74 Å². The van der Waals surface area contributed by atoms with E-state index in [1.807, 2.05) is 12.1 Å². The Labute approximate surface area is 192 Å².